The van der Waals surface area contributed by atoms with Crippen molar-refractivity contribution in [1.82, 2.24) is 10.2 Å². The van der Waals surface area contributed by atoms with Crippen LogP contribution in [0, 0.1) is 0 Å². The number of nitrogens with zero attached hydrogens (tertiary/aromatic N) is 1. The van der Waals surface area contributed by atoms with E-state index in [1.54, 1.807) is 0 Å². The average molecular weight is 222 g/mol. The van der Waals surface area contributed by atoms with E-state index in [4.69, 9.17) is 4.74 Å². The molecule has 1 N–H and O–H groups in total. The van der Waals surface area contributed by atoms with Crippen LogP contribution in [0.25, 0.3) is 0 Å². The quantitative estimate of drug-likeness (QED) is 0.783. The predicted molar refractivity (Wildman–Crippen MR) is 64.2 cm³/mol. The Hall–Kier alpha value is -0.540. The van der Waals surface area contributed by atoms with E-state index in [0.717, 1.165) is 18.6 Å². The van der Waals surface area contributed by atoms with Gasteiger partial charge in [-0.1, -0.05) is 0 Å². The van der Waals surface area contributed by atoms with Gasteiger partial charge in [-0.15, -0.1) is 0 Å². The number of fused-ring (bicyclic) bond motifs is 1. The second-order valence-electron chi connectivity index (χ2n) is 5.26. The van der Waals surface area contributed by atoms with Crippen LogP contribution in [-0.4, -0.2) is 42.7 Å². The summed E-state index contributed by atoms with van der Waals surface area (Å²) in [5.41, 5.74) is 0. The lowest BCUT2D eigenvalue weighted by molar-refractivity contribution is 0.117. The third-order valence-corrected chi connectivity index (χ3v) is 4.24. The van der Waals surface area contributed by atoms with E-state index in [9.17, 15) is 0 Å². The van der Waals surface area contributed by atoms with Crippen molar-refractivity contribution in [3.8, 4) is 0 Å². The van der Waals surface area contributed by atoms with Crippen LogP contribution >= 0.6 is 0 Å². The second kappa shape index (κ2) is 4.76. The Morgan fingerprint density at radius 3 is 3.12 bits per heavy atom. The molecule has 3 atom stereocenters. The summed E-state index contributed by atoms with van der Waals surface area (Å²) in [7, 11) is 0. The van der Waals surface area contributed by atoms with E-state index in [1.807, 2.05) is 6.26 Å². The van der Waals surface area contributed by atoms with Gasteiger partial charge in [-0.2, -0.15) is 0 Å². The Kier molecular flexibility index (Phi) is 3.15. The molecule has 0 saturated carbocycles. The summed E-state index contributed by atoms with van der Waals surface area (Å²) in [5, 5.41) is 3.72. The van der Waals surface area contributed by atoms with Crippen molar-refractivity contribution in [1.29, 1.82) is 0 Å². The molecule has 2 fully saturated rings. The molecule has 3 heteroatoms. The van der Waals surface area contributed by atoms with Gasteiger partial charge in [-0.05, 0) is 44.7 Å². The van der Waals surface area contributed by atoms with E-state index < -0.39 is 0 Å². The zero-order chi connectivity index (χ0) is 10.8. The molecule has 0 aromatic rings. The fraction of sp³-hybridized carbons (Fsp3) is 0.846. The van der Waals surface area contributed by atoms with Crippen LogP contribution in [0.15, 0.2) is 12.3 Å². The maximum Gasteiger partial charge on any atom is 0.110 e. The van der Waals surface area contributed by atoms with Gasteiger partial charge in [0.05, 0.1) is 6.26 Å². The minimum atomic E-state index is 0.403. The number of hydrogen-bond acceptors (Lipinski definition) is 3. The van der Waals surface area contributed by atoms with Gasteiger partial charge in [0, 0.05) is 25.2 Å². The maximum atomic E-state index is 5.59. The van der Waals surface area contributed by atoms with E-state index in [-0.39, 0.29) is 0 Å². The molecule has 0 amide bonds. The van der Waals surface area contributed by atoms with Crippen LogP contribution in [0.5, 0.6) is 0 Å². The number of allylic oxidation sites excluding steroid dienone is 1. The highest BCUT2D eigenvalue weighted by Gasteiger charge is 2.36. The van der Waals surface area contributed by atoms with Crippen molar-refractivity contribution in [3.05, 3.63) is 12.3 Å². The first kappa shape index (κ1) is 10.6. The Morgan fingerprint density at radius 2 is 2.25 bits per heavy atom. The highest BCUT2D eigenvalue weighted by molar-refractivity contribution is 4.96. The van der Waals surface area contributed by atoms with Gasteiger partial charge in [0.2, 0.25) is 0 Å². The van der Waals surface area contributed by atoms with Crippen LogP contribution in [0.3, 0.4) is 0 Å². The standard InChI is InChI=1S/C13H22N2O/c1-2-9-16-11(4-1)10-14-12-6-8-15-7-3-5-13(12)15/h2,9,11-14H,1,3-8,10H2. The molecular weight excluding hydrogens is 200 g/mol. The highest BCUT2D eigenvalue weighted by Crippen LogP contribution is 2.27. The summed E-state index contributed by atoms with van der Waals surface area (Å²) in [4.78, 5) is 2.65. The van der Waals surface area contributed by atoms with E-state index in [2.05, 4.69) is 16.3 Å². The molecule has 0 aliphatic carbocycles. The normalized spacial score (nSPS) is 38.6. The number of nitrogens with one attached hydrogen (secondary N) is 1. The molecule has 3 aliphatic rings. The molecule has 0 aromatic carbocycles. The second-order valence-corrected chi connectivity index (χ2v) is 5.26. The molecule has 16 heavy (non-hydrogen) atoms. The first-order valence-electron chi connectivity index (χ1n) is 6.71. The largest absolute Gasteiger partial charge is 0.497 e. The monoisotopic (exact) mass is 222 g/mol. The molecule has 0 aromatic heterocycles. The zero-order valence-corrected chi connectivity index (χ0v) is 9.90. The van der Waals surface area contributed by atoms with Crippen LogP contribution in [0.2, 0.25) is 0 Å². The van der Waals surface area contributed by atoms with E-state index in [1.165, 1.54) is 45.2 Å². The fourth-order valence-electron chi connectivity index (χ4n) is 3.34. The number of rotatable bonds is 3. The van der Waals surface area contributed by atoms with Crippen molar-refractivity contribution >= 4 is 0 Å². The van der Waals surface area contributed by atoms with Crippen molar-refractivity contribution < 1.29 is 4.74 Å². The average Bonchev–Trinajstić information content (AvgIpc) is 2.90. The minimum Gasteiger partial charge on any atom is -0.497 e. The molecule has 2 saturated heterocycles. The van der Waals surface area contributed by atoms with Gasteiger partial charge >= 0.3 is 0 Å². The summed E-state index contributed by atoms with van der Waals surface area (Å²) in [6.45, 7) is 3.65. The molecule has 90 valence electrons. The number of hydrogen-bond donors (Lipinski definition) is 1. The van der Waals surface area contributed by atoms with Crippen LogP contribution < -0.4 is 5.32 Å². The van der Waals surface area contributed by atoms with Gasteiger partial charge in [0.1, 0.15) is 6.10 Å². The van der Waals surface area contributed by atoms with Gasteiger partial charge in [-0.25, -0.2) is 0 Å². The Balaban J connectivity index is 1.46. The number of ether oxygens (including phenoxy) is 1. The van der Waals surface area contributed by atoms with Gasteiger partial charge in [-0.3, -0.25) is 4.90 Å². The summed E-state index contributed by atoms with van der Waals surface area (Å²) in [6, 6.07) is 1.54. The molecule has 3 aliphatic heterocycles. The summed E-state index contributed by atoms with van der Waals surface area (Å²) in [5.74, 6) is 0. The lowest BCUT2D eigenvalue weighted by atomic mass is 10.1. The lowest BCUT2D eigenvalue weighted by Gasteiger charge is -2.25. The van der Waals surface area contributed by atoms with Gasteiger partial charge in [0.25, 0.3) is 0 Å². The van der Waals surface area contributed by atoms with Crippen molar-refractivity contribution in [2.24, 2.45) is 0 Å². The zero-order valence-electron chi connectivity index (χ0n) is 9.90. The van der Waals surface area contributed by atoms with Crippen molar-refractivity contribution in [3.63, 3.8) is 0 Å². The molecule has 3 unspecified atom stereocenters. The Labute approximate surface area is 97.8 Å². The first-order valence-corrected chi connectivity index (χ1v) is 6.71. The molecule has 0 bridgehead atoms. The Bertz CT molecular complexity index is 267. The SMILES string of the molecule is C1=COC(CNC2CCN3CCCC23)CC1. The highest BCUT2D eigenvalue weighted by atomic mass is 16.5. The molecule has 0 radical (unpaired) electrons. The van der Waals surface area contributed by atoms with E-state index >= 15 is 0 Å². The molecule has 0 spiro atoms. The predicted octanol–water partition coefficient (Wildman–Crippen LogP) is 1.51. The summed E-state index contributed by atoms with van der Waals surface area (Å²) < 4.78 is 5.59. The summed E-state index contributed by atoms with van der Waals surface area (Å²) in [6.07, 6.45) is 10.8. The van der Waals surface area contributed by atoms with E-state index in [0.29, 0.717) is 6.10 Å². The van der Waals surface area contributed by atoms with Crippen molar-refractivity contribution in [2.75, 3.05) is 19.6 Å². The topological polar surface area (TPSA) is 24.5 Å². The van der Waals surface area contributed by atoms with Crippen LogP contribution in [-0.2, 0) is 4.74 Å². The maximum absolute atomic E-state index is 5.59. The molecule has 3 heterocycles. The smallest absolute Gasteiger partial charge is 0.110 e. The fourth-order valence-corrected chi connectivity index (χ4v) is 3.34. The lowest BCUT2D eigenvalue weighted by Crippen LogP contribution is -2.42. The first-order chi connectivity index (χ1) is 7.93. The molecular formula is C13H22N2O. The molecule has 3 rings (SSSR count). The summed E-state index contributed by atoms with van der Waals surface area (Å²) >= 11 is 0. The van der Waals surface area contributed by atoms with Crippen LogP contribution in [0.4, 0.5) is 0 Å². The van der Waals surface area contributed by atoms with Crippen LogP contribution in [0.1, 0.15) is 32.1 Å². The third kappa shape index (κ3) is 2.11. The third-order valence-electron chi connectivity index (χ3n) is 4.24. The van der Waals surface area contributed by atoms with Gasteiger partial charge in [0.15, 0.2) is 0 Å². The van der Waals surface area contributed by atoms with Crippen molar-refractivity contribution in [2.45, 2.75) is 50.3 Å². The van der Waals surface area contributed by atoms with Gasteiger partial charge < -0.3 is 10.1 Å². The minimum absolute atomic E-state index is 0.403. The Morgan fingerprint density at radius 1 is 1.25 bits per heavy atom. The molecule has 3 nitrogen and oxygen atoms in total.